The van der Waals surface area contributed by atoms with Crippen LogP contribution in [0.1, 0.15) is 24.0 Å². The first kappa shape index (κ1) is 20.2. The zero-order valence-electron chi connectivity index (χ0n) is 15.0. The van der Waals surface area contributed by atoms with Gasteiger partial charge in [-0.2, -0.15) is 13.2 Å². The van der Waals surface area contributed by atoms with Crippen molar-refractivity contribution in [1.82, 2.24) is 0 Å². The highest BCUT2D eigenvalue weighted by Crippen LogP contribution is 2.42. The van der Waals surface area contributed by atoms with Gasteiger partial charge in [0.05, 0.1) is 11.3 Å². The Morgan fingerprint density at radius 1 is 1.17 bits per heavy atom. The Hall–Kier alpha value is -2.07. The van der Waals surface area contributed by atoms with Crippen molar-refractivity contribution in [2.24, 2.45) is 5.92 Å². The topological polar surface area (TPSA) is 66.5 Å². The van der Waals surface area contributed by atoms with Gasteiger partial charge in [-0.3, -0.25) is 9.52 Å². The second-order valence-corrected chi connectivity index (χ2v) is 9.68. The van der Waals surface area contributed by atoms with Gasteiger partial charge in [-0.05, 0) is 55.2 Å². The lowest BCUT2D eigenvalue weighted by molar-refractivity contribution is -0.137. The molecule has 1 fully saturated rings. The lowest BCUT2D eigenvalue weighted by Crippen LogP contribution is -2.31. The van der Waals surface area contributed by atoms with E-state index in [-0.39, 0.29) is 22.4 Å². The Labute approximate surface area is 174 Å². The number of alkyl halides is 3. The number of rotatable bonds is 4. The lowest BCUT2D eigenvalue weighted by Gasteiger charge is -2.21. The van der Waals surface area contributed by atoms with Gasteiger partial charge in [0.1, 0.15) is 4.90 Å². The maximum absolute atomic E-state index is 13.1. The van der Waals surface area contributed by atoms with Gasteiger partial charge in [0.2, 0.25) is 5.91 Å². The standard InChI is InChI=1S/C19H16BrF3N2O3S/c20-14-8-12-6-7-25(18(26)11-4-5-11)17(12)16(10-14)29(27,28)24-15-3-1-2-13(9-15)19(21,22)23/h1-3,8-11,24H,4-7H2. The average molecular weight is 489 g/mol. The van der Waals surface area contributed by atoms with E-state index in [0.29, 0.717) is 28.7 Å². The highest BCUT2D eigenvalue weighted by molar-refractivity contribution is 9.10. The van der Waals surface area contributed by atoms with E-state index in [1.54, 1.807) is 6.07 Å². The summed E-state index contributed by atoms with van der Waals surface area (Å²) >= 11 is 3.29. The first-order chi connectivity index (χ1) is 13.6. The summed E-state index contributed by atoms with van der Waals surface area (Å²) in [5.74, 6) is -0.196. The molecule has 1 aliphatic heterocycles. The zero-order valence-corrected chi connectivity index (χ0v) is 17.4. The van der Waals surface area contributed by atoms with Crippen LogP contribution in [0.4, 0.5) is 24.5 Å². The minimum Gasteiger partial charge on any atom is -0.310 e. The molecule has 2 aromatic carbocycles. The van der Waals surface area contributed by atoms with E-state index in [4.69, 9.17) is 0 Å². The van der Waals surface area contributed by atoms with Gasteiger partial charge in [-0.1, -0.05) is 22.0 Å². The summed E-state index contributed by atoms with van der Waals surface area (Å²) in [6.45, 7) is 0.382. The Bertz CT molecular complexity index is 1100. The van der Waals surface area contributed by atoms with Gasteiger partial charge in [0.15, 0.2) is 0 Å². The first-order valence-electron chi connectivity index (χ1n) is 8.90. The largest absolute Gasteiger partial charge is 0.416 e. The lowest BCUT2D eigenvalue weighted by atomic mass is 10.2. The van der Waals surface area contributed by atoms with Gasteiger partial charge >= 0.3 is 6.18 Å². The molecule has 2 aromatic rings. The summed E-state index contributed by atoms with van der Waals surface area (Å²) in [7, 11) is -4.24. The zero-order chi connectivity index (χ0) is 21.0. The molecule has 154 valence electrons. The number of carbonyl (C=O) groups excluding carboxylic acids is 1. The molecule has 1 saturated carbocycles. The summed E-state index contributed by atoms with van der Waals surface area (Å²) in [5, 5.41) is 0. The number of nitrogens with zero attached hydrogens (tertiary/aromatic N) is 1. The van der Waals surface area contributed by atoms with Crippen LogP contribution in [0, 0.1) is 5.92 Å². The van der Waals surface area contributed by atoms with Crippen molar-refractivity contribution >= 4 is 43.2 Å². The molecule has 1 aliphatic carbocycles. The predicted octanol–water partition coefficient (Wildman–Crippen LogP) is 4.57. The van der Waals surface area contributed by atoms with Crippen molar-refractivity contribution in [2.45, 2.75) is 30.3 Å². The van der Waals surface area contributed by atoms with Crippen molar-refractivity contribution in [1.29, 1.82) is 0 Å². The fourth-order valence-electron chi connectivity index (χ4n) is 3.41. The molecule has 0 atom stereocenters. The average Bonchev–Trinajstić information content (AvgIpc) is 3.39. The first-order valence-corrected chi connectivity index (χ1v) is 11.2. The fourth-order valence-corrected chi connectivity index (χ4v) is 5.40. The van der Waals surface area contributed by atoms with Crippen LogP contribution in [0.3, 0.4) is 0 Å². The maximum Gasteiger partial charge on any atom is 0.416 e. The number of sulfonamides is 1. The molecule has 0 spiro atoms. The number of anilines is 2. The van der Waals surface area contributed by atoms with Crippen molar-refractivity contribution in [3.63, 3.8) is 0 Å². The molecule has 29 heavy (non-hydrogen) atoms. The minimum atomic E-state index is -4.59. The van der Waals surface area contributed by atoms with Crippen LogP contribution in [0.25, 0.3) is 0 Å². The Balaban J connectivity index is 1.74. The second kappa shape index (κ2) is 7.02. The summed E-state index contributed by atoms with van der Waals surface area (Å²) in [6.07, 6.45) is -2.51. The van der Waals surface area contributed by atoms with Crippen LogP contribution in [0.5, 0.6) is 0 Å². The predicted molar refractivity (Wildman–Crippen MR) is 105 cm³/mol. The number of hydrogen-bond donors (Lipinski definition) is 1. The summed E-state index contributed by atoms with van der Waals surface area (Å²) in [6, 6.07) is 7.12. The Morgan fingerprint density at radius 2 is 1.90 bits per heavy atom. The van der Waals surface area contributed by atoms with Crippen LogP contribution in [-0.2, 0) is 27.4 Å². The summed E-state index contributed by atoms with van der Waals surface area (Å²) in [5.41, 5.74) is -0.142. The van der Waals surface area contributed by atoms with Crippen LogP contribution in [0.2, 0.25) is 0 Å². The van der Waals surface area contributed by atoms with E-state index in [2.05, 4.69) is 20.7 Å². The Morgan fingerprint density at radius 3 is 2.55 bits per heavy atom. The minimum absolute atomic E-state index is 0.0865. The normalized spacial score (nSPS) is 16.6. The van der Waals surface area contributed by atoms with Crippen molar-refractivity contribution in [3.05, 3.63) is 52.0 Å². The number of benzene rings is 2. The van der Waals surface area contributed by atoms with E-state index in [9.17, 15) is 26.4 Å². The number of halogens is 4. The third-order valence-electron chi connectivity index (χ3n) is 4.92. The SMILES string of the molecule is O=C(C1CC1)N1CCc2cc(Br)cc(S(=O)(=O)Nc3cccc(C(F)(F)F)c3)c21. The highest BCUT2D eigenvalue weighted by atomic mass is 79.9. The number of carbonyl (C=O) groups is 1. The van der Waals surface area contributed by atoms with Crippen molar-refractivity contribution in [2.75, 3.05) is 16.2 Å². The monoisotopic (exact) mass is 488 g/mol. The number of fused-ring (bicyclic) bond motifs is 1. The van der Waals surface area contributed by atoms with Crippen LogP contribution in [0.15, 0.2) is 45.8 Å². The molecule has 2 aliphatic rings. The fraction of sp³-hybridized carbons (Fsp3) is 0.316. The van der Waals surface area contributed by atoms with Gasteiger partial charge in [-0.15, -0.1) is 0 Å². The smallest absolute Gasteiger partial charge is 0.310 e. The third-order valence-corrected chi connectivity index (χ3v) is 6.77. The molecule has 0 saturated heterocycles. The van der Waals surface area contributed by atoms with Gasteiger partial charge in [-0.25, -0.2) is 8.42 Å². The quantitative estimate of drug-likeness (QED) is 0.685. The van der Waals surface area contributed by atoms with E-state index >= 15 is 0 Å². The Kier molecular flexibility index (Phi) is 4.89. The molecule has 5 nitrogen and oxygen atoms in total. The third kappa shape index (κ3) is 4.00. The number of amides is 1. The molecule has 10 heteroatoms. The van der Waals surface area contributed by atoms with E-state index in [1.165, 1.54) is 17.0 Å². The molecule has 0 radical (unpaired) electrons. The number of nitrogens with one attached hydrogen (secondary N) is 1. The van der Waals surface area contributed by atoms with Crippen molar-refractivity contribution in [3.8, 4) is 0 Å². The molecule has 1 N–H and O–H groups in total. The second-order valence-electron chi connectivity index (χ2n) is 7.11. The molecule has 0 unspecified atom stereocenters. The van der Waals surface area contributed by atoms with Crippen molar-refractivity contribution < 1.29 is 26.4 Å². The van der Waals surface area contributed by atoms with Crippen LogP contribution in [-0.4, -0.2) is 20.9 Å². The molecular weight excluding hydrogens is 473 g/mol. The molecule has 0 aromatic heterocycles. The van der Waals surface area contributed by atoms with Crippen LogP contribution < -0.4 is 9.62 Å². The van der Waals surface area contributed by atoms with E-state index in [0.717, 1.165) is 31.0 Å². The summed E-state index contributed by atoms with van der Waals surface area (Å²) < 4.78 is 67.7. The highest BCUT2D eigenvalue weighted by Gasteiger charge is 2.39. The van der Waals surface area contributed by atoms with Crippen LogP contribution >= 0.6 is 15.9 Å². The molecular formula is C19H16BrF3N2O3S. The summed E-state index contributed by atoms with van der Waals surface area (Å²) in [4.78, 5) is 14.0. The molecule has 0 bridgehead atoms. The maximum atomic E-state index is 13.1. The van der Waals surface area contributed by atoms with E-state index < -0.39 is 21.8 Å². The number of hydrogen-bond acceptors (Lipinski definition) is 3. The molecule has 1 heterocycles. The van der Waals surface area contributed by atoms with Gasteiger partial charge in [0, 0.05) is 22.6 Å². The van der Waals surface area contributed by atoms with Gasteiger partial charge < -0.3 is 4.90 Å². The molecule has 1 amide bonds. The molecule has 4 rings (SSSR count). The van der Waals surface area contributed by atoms with Gasteiger partial charge in [0.25, 0.3) is 10.0 Å². The van der Waals surface area contributed by atoms with E-state index in [1.807, 2.05) is 0 Å².